The lowest BCUT2D eigenvalue weighted by Crippen LogP contribution is -2.25. The van der Waals surface area contributed by atoms with Gasteiger partial charge in [0.2, 0.25) is 5.91 Å². The molecule has 7 nitrogen and oxygen atoms in total. The van der Waals surface area contributed by atoms with Crippen LogP contribution in [-0.4, -0.2) is 34.9 Å². The van der Waals surface area contributed by atoms with Crippen LogP contribution in [0.4, 0.5) is 5.69 Å². The van der Waals surface area contributed by atoms with Gasteiger partial charge in [-0.3, -0.25) is 19.0 Å². The third-order valence-corrected chi connectivity index (χ3v) is 6.93. The number of carbonyl (C=O) groups excluding carboxylic acids is 2. The van der Waals surface area contributed by atoms with Crippen LogP contribution in [0.25, 0.3) is 20.7 Å². The molecule has 2 aromatic carbocycles. The minimum atomic E-state index is -0.239. The van der Waals surface area contributed by atoms with Crippen molar-refractivity contribution in [2.75, 3.05) is 18.6 Å². The predicted octanol–water partition coefficient (Wildman–Crippen LogP) is 4.14. The molecule has 8 heteroatoms. The fourth-order valence-electron chi connectivity index (χ4n) is 3.95. The Labute approximate surface area is 193 Å². The van der Waals surface area contributed by atoms with Crippen LogP contribution in [0, 0.1) is 0 Å². The summed E-state index contributed by atoms with van der Waals surface area (Å²) in [6.07, 6.45) is 2.83. The number of anilines is 1. The van der Waals surface area contributed by atoms with Crippen LogP contribution in [0.1, 0.15) is 23.2 Å². The molecule has 0 radical (unpaired) electrons. The van der Waals surface area contributed by atoms with Crippen molar-refractivity contribution in [3.8, 4) is 16.2 Å². The Kier molecular flexibility index (Phi) is 5.51. The SMILES string of the molecule is COc1ccc(-c2cc3ncn(CC(=O)c4ccc(N5CCCC5=O)cc4)c(=O)c3s2)cc1. The van der Waals surface area contributed by atoms with Crippen molar-refractivity contribution in [1.29, 1.82) is 0 Å². The number of hydrogen-bond donors (Lipinski definition) is 0. The van der Waals surface area contributed by atoms with E-state index in [0.29, 0.717) is 28.7 Å². The number of ether oxygens (including phenoxy) is 1. The summed E-state index contributed by atoms with van der Waals surface area (Å²) in [7, 11) is 1.62. The number of Topliss-reactive ketones (excluding diaryl/α,β-unsaturated/α-hetero) is 1. The van der Waals surface area contributed by atoms with Crippen molar-refractivity contribution >= 4 is 38.9 Å². The van der Waals surface area contributed by atoms with Crippen LogP contribution >= 0.6 is 11.3 Å². The average molecular weight is 460 g/mol. The van der Waals surface area contributed by atoms with Gasteiger partial charge in [0.05, 0.1) is 25.5 Å². The third kappa shape index (κ3) is 4.05. The van der Waals surface area contributed by atoms with E-state index in [1.54, 1.807) is 36.3 Å². The van der Waals surface area contributed by atoms with Gasteiger partial charge in [0.15, 0.2) is 5.78 Å². The summed E-state index contributed by atoms with van der Waals surface area (Å²) in [5.41, 5.74) is 2.62. The van der Waals surface area contributed by atoms with Gasteiger partial charge >= 0.3 is 0 Å². The first-order valence-corrected chi connectivity index (χ1v) is 11.4. The van der Waals surface area contributed by atoms with Crippen LogP contribution in [0.5, 0.6) is 5.75 Å². The summed E-state index contributed by atoms with van der Waals surface area (Å²) in [5, 5.41) is 0. The Bertz CT molecular complexity index is 1400. The highest BCUT2D eigenvalue weighted by atomic mass is 32.1. The highest BCUT2D eigenvalue weighted by Crippen LogP contribution is 2.31. The Morgan fingerprint density at radius 2 is 1.85 bits per heavy atom. The maximum Gasteiger partial charge on any atom is 0.271 e. The molecule has 0 aliphatic carbocycles. The summed E-state index contributed by atoms with van der Waals surface area (Å²) in [6.45, 7) is 0.603. The number of methoxy groups -OCH3 is 1. The zero-order chi connectivity index (χ0) is 22.9. The number of carbonyl (C=O) groups is 2. The van der Waals surface area contributed by atoms with Gasteiger partial charge < -0.3 is 9.64 Å². The second-order valence-electron chi connectivity index (χ2n) is 7.85. The van der Waals surface area contributed by atoms with Crippen molar-refractivity contribution in [1.82, 2.24) is 9.55 Å². The van der Waals surface area contributed by atoms with Crippen molar-refractivity contribution in [2.24, 2.45) is 0 Å². The lowest BCUT2D eigenvalue weighted by atomic mass is 10.1. The second kappa shape index (κ2) is 8.63. The van der Waals surface area contributed by atoms with Gasteiger partial charge in [0.25, 0.3) is 5.56 Å². The van der Waals surface area contributed by atoms with Gasteiger partial charge in [-0.25, -0.2) is 4.98 Å². The van der Waals surface area contributed by atoms with Crippen molar-refractivity contribution in [3.05, 3.63) is 76.8 Å². The fraction of sp³-hybridized carbons (Fsp3) is 0.200. The maximum atomic E-state index is 13.0. The molecule has 33 heavy (non-hydrogen) atoms. The van der Waals surface area contributed by atoms with E-state index < -0.39 is 0 Å². The van der Waals surface area contributed by atoms with Gasteiger partial charge in [0, 0.05) is 29.1 Å². The van der Waals surface area contributed by atoms with Gasteiger partial charge in [-0.2, -0.15) is 0 Å². The summed E-state index contributed by atoms with van der Waals surface area (Å²) in [6, 6.07) is 16.5. The number of rotatable bonds is 6. The molecule has 2 aromatic heterocycles. The second-order valence-corrected chi connectivity index (χ2v) is 8.90. The first kappa shape index (κ1) is 21.1. The molecule has 0 unspecified atom stereocenters. The topological polar surface area (TPSA) is 81.5 Å². The lowest BCUT2D eigenvalue weighted by Gasteiger charge is -2.15. The summed E-state index contributed by atoms with van der Waals surface area (Å²) in [4.78, 5) is 44.8. The fourth-order valence-corrected chi connectivity index (χ4v) is 5.02. The lowest BCUT2D eigenvalue weighted by molar-refractivity contribution is -0.117. The first-order valence-electron chi connectivity index (χ1n) is 10.6. The molecule has 0 atom stereocenters. The molecule has 0 bridgehead atoms. The van der Waals surface area contributed by atoms with E-state index in [2.05, 4.69) is 4.98 Å². The summed E-state index contributed by atoms with van der Waals surface area (Å²) < 4.78 is 7.05. The molecule has 1 saturated heterocycles. The van der Waals surface area contributed by atoms with Gasteiger partial charge in [-0.1, -0.05) is 0 Å². The van der Waals surface area contributed by atoms with Crippen LogP contribution in [0.3, 0.4) is 0 Å². The maximum absolute atomic E-state index is 13.0. The van der Waals surface area contributed by atoms with Crippen LogP contribution < -0.4 is 15.2 Å². The molecule has 0 spiro atoms. The van der Waals surface area contributed by atoms with E-state index in [-0.39, 0.29) is 23.8 Å². The van der Waals surface area contributed by atoms with Gasteiger partial charge in [-0.15, -0.1) is 11.3 Å². The minimum absolute atomic E-state index is 0.0977. The number of amides is 1. The Morgan fingerprint density at radius 3 is 2.52 bits per heavy atom. The smallest absolute Gasteiger partial charge is 0.271 e. The largest absolute Gasteiger partial charge is 0.497 e. The number of benzene rings is 2. The van der Waals surface area contributed by atoms with Crippen LogP contribution in [0.2, 0.25) is 0 Å². The van der Waals surface area contributed by atoms with E-state index in [1.807, 2.05) is 30.3 Å². The quantitative estimate of drug-likeness (QED) is 0.405. The number of nitrogens with zero attached hydrogens (tertiary/aromatic N) is 3. The average Bonchev–Trinajstić information content (AvgIpc) is 3.48. The number of ketones is 1. The molecule has 3 heterocycles. The number of thiophene rings is 1. The van der Waals surface area contributed by atoms with Crippen LogP contribution in [0.15, 0.2) is 65.7 Å². The molecule has 166 valence electrons. The predicted molar refractivity (Wildman–Crippen MR) is 128 cm³/mol. The first-order chi connectivity index (χ1) is 16.0. The molecule has 5 rings (SSSR count). The molecule has 1 amide bonds. The zero-order valence-corrected chi connectivity index (χ0v) is 18.8. The molecule has 0 N–H and O–H groups in total. The summed E-state index contributed by atoms with van der Waals surface area (Å²) in [5.74, 6) is 0.674. The third-order valence-electron chi connectivity index (χ3n) is 5.77. The standard InChI is InChI=1S/C25H21N3O4S/c1-32-19-10-6-17(7-11-19)22-13-20-24(33-22)25(31)27(15-26-20)14-21(29)16-4-8-18(9-5-16)28-12-2-3-23(28)30/h4-11,13,15H,2-3,12,14H2,1H3. The van der Waals surface area contributed by atoms with Gasteiger partial charge in [0.1, 0.15) is 10.4 Å². The highest BCUT2D eigenvalue weighted by Gasteiger charge is 2.22. The molecule has 1 fully saturated rings. The molecule has 1 aliphatic rings. The van der Waals surface area contributed by atoms with Crippen molar-refractivity contribution < 1.29 is 14.3 Å². The number of aromatic nitrogens is 2. The summed E-state index contributed by atoms with van der Waals surface area (Å²) >= 11 is 1.36. The molecule has 0 saturated carbocycles. The van der Waals surface area contributed by atoms with Gasteiger partial charge in [-0.05, 0) is 66.6 Å². The highest BCUT2D eigenvalue weighted by molar-refractivity contribution is 7.22. The van der Waals surface area contributed by atoms with E-state index in [1.165, 1.54) is 22.2 Å². The van der Waals surface area contributed by atoms with Crippen molar-refractivity contribution in [2.45, 2.75) is 19.4 Å². The van der Waals surface area contributed by atoms with E-state index in [9.17, 15) is 14.4 Å². The number of fused-ring (bicyclic) bond motifs is 1. The van der Waals surface area contributed by atoms with E-state index in [0.717, 1.165) is 28.3 Å². The molecule has 4 aromatic rings. The Balaban J connectivity index is 1.37. The van der Waals surface area contributed by atoms with E-state index in [4.69, 9.17) is 4.74 Å². The normalized spacial score (nSPS) is 13.6. The monoisotopic (exact) mass is 459 g/mol. The van der Waals surface area contributed by atoms with Crippen LogP contribution in [-0.2, 0) is 11.3 Å². The zero-order valence-electron chi connectivity index (χ0n) is 18.0. The van der Waals surface area contributed by atoms with E-state index >= 15 is 0 Å². The molecular formula is C25H21N3O4S. The Hall–Kier alpha value is -3.78. The Morgan fingerprint density at radius 1 is 1.09 bits per heavy atom. The molecule has 1 aliphatic heterocycles. The molecular weight excluding hydrogens is 438 g/mol. The van der Waals surface area contributed by atoms with Crippen molar-refractivity contribution in [3.63, 3.8) is 0 Å². The minimum Gasteiger partial charge on any atom is -0.497 e. The number of hydrogen-bond acceptors (Lipinski definition) is 6.